The lowest BCUT2D eigenvalue weighted by molar-refractivity contribution is -0.142. The van der Waals surface area contributed by atoms with Crippen LogP contribution in [0.2, 0.25) is 0 Å². The average Bonchev–Trinajstić information content (AvgIpc) is 2.89. The number of aryl methyl sites for hydroxylation is 1. The van der Waals surface area contributed by atoms with Gasteiger partial charge in [0.15, 0.2) is 0 Å². The molecule has 0 aliphatic heterocycles. The highest BCUT2D eigenvalue weighted by Crippen LogP contribution is 2.35. The second-order valence-corrected chi connectivity index (χ2v) is 5.75. The summed E-state index contributed by atoms with van der Waals surface area (Å²) in [5, 5.41) is 0.946. The SMILES string of the molecule is COC(=O)C(N)Cc1c(Oc2ccc(F)cc2)n(C)c2ccccc12. The van der Waals surface area contributed by atoms with Crippen LogP contribution in [0, 0.1) is 5.82 Å². The number of fused-ring (bicyclic) bond motifs is 1. The number of carbonyl (C=O) groups is 1. The number of ether oxygens (including phenoxy) is 2. The van der Waals surface area contributed by atoms with Crippen LogP contribution in [0.1, 0.15) is 5.56 Å². The highest BCUT2D eigenvalue weighted by molar-refractivity contribution is 5.88. The lowest BCUT2D eigenvalue weighted by Gasteiger charge is -2.12. The van der Waals surface area contributed by atoms with Crippen molar-refractivity contribution >= 4 is 16.9 Å². The van der Waals surface area contributed by atoms with Crippen molar-refractivity contribution in [2.45, 2.75) is 12.5 Å². The van der Waals surface area contributed by atoms with E-state index in [9.17, 15) is 9.18 Å². The van der Waals surface area contributed by atoms with E-state index in [-0.39, 0.29) is 12.2 Å². The molecule has 5 nitrogen and oxygen atoms in total. The van der Waals surface area contributed by atoms with Crippen molar-refractivity contribution in [3.8, 4) is 11.6 Å². The van der Waals surface area contributed by atoms with E-state index >= 15 is 0 Å². The van der Waals surface area contributed by atoms with Gasteiger partial charge in [-0.15, -0.1) is 0 Å². The maximum atomic E-state index is 13.1. The van der Waals surface area contributed by atoms with E-state index in [0.717, 1.165) is 16.5 Å². The molecule has 0 amide bonds. The van der Waals surface area contributed by atoms with Crippen LogP contribution < -0.4 is 10.5 Å². The summed E-state index contributed by atoms with van der Waals surface area (Å²) in [6.45, 7) is 0. The van der Waals surface area contributed by atoms with Crippen LogP contribution in [0.25, 0.3) is 10.9 Å². The van der Waals surface area contributed by atoms with E-state index in [1.807, 2.05) is 35.9 Å². The zero-order chi connectivity index (χ0) is 18.0. The Morgan fingerprint density at radius 2 is 1.88 bits per heavy atom. The second-order valence-electron chi connectivity index (χ2n) is 5.75. The summed E-state index contributed by atoms with van der Waals surface area (Å²) in [5.41, 5.74) is 7.71. The van der Waals surface area contributed by atoms with E-state index in [4.69, 9.17) is 15.2 Å². The van der Waals surface area contributed by atoms with Crippen LogP contribution >= 0.6 is 0 Å². The van der Waals surface area contributed by atoms with E-state index in [2.05, 4.69) is 0 Å². The predicted octanol–water partition coefficient (Wildman–Crippen LogP) is 3.15. The van der Waals surface area contributed by atoms with Crippen LogP contribution in [-0.2, 0) is 23.0 Å². The maximum Gasteiger partial charge on any atom is 0.322 e. The number of methoxy groups -OCH3 is 1. The molecule has 3 rings (SSSR count). The third-order valence-electron chi connectivity index (χ3n) is 4.11. The Bertz CT molecular complexity index is 903. The first-order chi connectivity index (χ1) is 12.0. The number of nitrogens with two attached hydrogens (primary N) is 1. The quantitative estimate of drug-likeness (QED) is 0.723. The van der Waals surface area contributed by atoms with Gasteiger partial charge in [-0.1, -0.05) is 18.2 Å². The maximum absolute atomic E-state index is 13.1. The normalized spacial score (nSPS) is 12.2. The minimum absolute atomic E-state index is 0.268. The van der Waals surface area contributed by atoms with Crippen LogP contribution in [0.4, 0.5) is 4.39 Å². The van der Waals surface area contributed by atoms with Crippen LogP contribution in [-0.4, -0.2) is 23.7 Å². The minimum atomic E-state index is -0.800. The number of esters is 1. The third kappa shape index (κ3) is 3.34. The first-order valence-electron chi connectivity index (χ1n) is 7.84. The molecule has 2 N–H and O–H groups in total. The lowest BCUT2D eigenvalue weighted by Crippen LogP contribution is -2.33. The van der Waals surface area contributed by atoms with Gasteiger partial charge in [-0.2, -0.15) is 0 Å². The number of aromatic nitrogens is 1. The summed E-state index contributed by atoms with van der Waals surface area (Å²) < 4.78 is 25.7. The van der Waals surface area contributed by atoms with E-state index in [1.165, 1.54) is 19.2 Å². The fourth-order valence-corrected chi connectivity index (χ4v) is 2.84. The molecule has 3 aromatic rings. The van der Waals surface area contributed by atoms with Crippen molar-refractivity contribution in [2.24, 2.45) is 12.8 Å². The number of hydrogen-bond acceptors (Lipinski definition) is 4. The van der Waals surface area contributed by atoms with Crippen molar-refractivity contribution in [1.29, 1.82) is 0 Å². The van der Waals surface area contributed by atoms with Gasteiger partial charge in [0.2, 0.25) is 5.88 Å². The van der Waals surface area contributed by atoms with Crippen molar-refractivity contribution in [3.63, 3.8) is 0 Å². The van der Waals surface area contributed by atoms with Gasteiger partial charge in [0, 0.05) is 24.4 Å². The number of halogens is 1. The molecule has 0 spiro atoms. The molecular formula is C19H19FN2O3. The first kappa shape index (κ1) is 17.0. The predicted molar refractivity (Wildman–Crippen MR) is 93.1 cm³/mol. The molecule has 0 aliphatic rings. The van der Waals surface area contributed by atoms with Gasteiger partial charge in [0.25, 0.3) is 0 Å². The van der Waals surface area contributed by atoms with E-state index in [1.54, 1.807) is 12.1 Å². The third-order valence-corrected chi connectivity index (χ3v) is 4.11. The molecule has 0 radical (unpaired) electrons. The van der Waals surface area contributed by atoms with Gasteiger partial charge < -0.3 is 19.8 Å². The van der Waals surface area contributed by atoms with Gasteiger partial charge in [0.1, 0.15) is 17.6 Å². The molecule has 1 heterocycles. The summed E-state index contributed by atoms with van der Waals surface area (Å²) in [6, 6.07) is 12.7. The number of carbonyl (C=O) groups excluding carboxylic acids is 1. The smallest absolute Gasteiger partial charge is 0.322 e. The summed E-state index contributed by atoms with van der Waals surface area (Å²) in [5.74, 6) is 0.241. The van der Waals surface area contributed by atoms with Gasteiger partial charge in [-0.25, -0.2) is 4.39 Å². The van der Waals surface area contributed by atoms with Crippen molar-refractivity contribution in [3.05, 3.63) is 59.9 Å². The average molecular weight is 342 g/mol. The zero-order valence-corrected chi connectivity index (χ0v) is 14.0. The van der Waals surface area contributed by atoms with Crippen LogP contribution in [0.3, 0.4) is 0 Å². The molecule has 1 aromatic heterocycles. The molecule has 1 unspecified atom stereocenters. The molecular weight excluding hydrogens is 323 g/mol. The summed E-state index contributed by atoms with van der Waals surface area (Å²) in [6.07, 6.45) is 0.268. The van der Waals surface area contributed by atoms with Gasteiger partial charge in [-0.3, -0.25) is 4.79 Å². The summed E-state index contributed by atoms with van der Waals surface area (Å²) in [4.78, 5) is 11.7. The molecule has 25 heavy (non-hydrogen) atoms. The molecule has 0 bridgehead atoms. The number of hydrogen-bond donors (Lipinski definition) is 1. The lowest BCUT2D eigenvalue weighted by atomic mass is 10.1. The molecule has 0 saturated heterocycles. The van der Waals surface area contributed by atoms with Crippen molar-refractivity contribution in [1.82, 2.24) is 4.57 Å². The fourth-order valence-electron chi connectivity index (χ4n) is 2.84. The minimum Gasteiger partial charge on any atom is -0.468 e. The van der Waals surface area contributed by atoms with Gasteiger partial charge in [0.05, 0.1) is 12.6 Å². The Labute approximate surface area is 144 Å². The van der Waals surface area contributed by atoms with E-state index in [0.29, 0.717) is 11.6 Å². The Balaban J connectivity index is 2.06. The second kappa shape index (κ2) is 6.94. The molecule has 1 atom stereocenters. The molecule has 130 valence electrons. The topological polar surface area (TPSA) is 66.5 Å². The zero-order valence-electron chi connectivity index (χ0n) is 14.0. The Kier molecular flexibility index (Phi) is 4.72. The van der Waals surface area contributed by atoms with E-state index < -0.39 is 12.0 Å². The van der Waals surface area contributed by atoms with Crippen LogP contribution in [0.15, 0.2) is 48.5 Å². The monoisotopic (exact) mass is 342 g/mol. The van der Waals surface area contributed by atoms with Crippen molar-refractivity contribution in [2.75, 3.05) is 7.11 Å². The Morgan fingerprint density at radius 3 is 2.56 bits per heavy atom. The summed E-state index contributed by atoms with van der Waals surface area (Å²) >= 11 is 0. The molecule has 2 aromatic carbocycles. The molecule has 0 aliphatic carbocycles. The number of nitrogens with zero attached hydrogens (tertiary/aromatic N) is 1. The van der Waals surface area contributed by atoms with Crippen LogP contribution in [0.5, 0.6) is 11.6 Å². The number of benzene rings is 2. The Morgan fingerprint density at radius 1 is 1.20 bits per heavy atom. The highest BCUT2D eigenvalue weighted by atomic mass is 19.1. The largest absolute Gasteiger partial charge is 0.468 e. The van der Waals surface area contributed by atoms with Crippen molar-refractivity contribution < 1.29 is 18.7 Å². The fraction of sp³-hybridized carbons (Fsp3) is 0.211. The number of rotatable bonds is 5. The standard InChI is InChI=1S/C19H19FN2O3/c1-22-17-6-4-3-5-14(17)15(11-16(21)19(23)24-2)18(22)25-13-9-7-12(20)8-10-13/h3-10,16H,11,21H2,1-2H3. The Hall–Kier alpha value is -2.86. The first-order valence-corrected chi connectivity index (χ1v) is 7.84. The molecule has 0 saturated carbocycles. The van der Waals surface area contributed by atoms with Gasteiger partial charge >= 0.3 is 5.97 Å². The molecule has 6 heteroatoms. The summed E-state index contributed by atoms with van der Waals surface area (Å²) in [7, 11) is 3.18. The molecule has 0 fully saturated rings. The van der Waals surface area contributed by atoms with Gasteiger partial charge in [-0.05, 0) is 30.3 Å². The number of para-hydroxylation sites is 1. The highest BCUT2D eigenvalue weighted by Gasteiger charge is 2.23.